The first-order chi connectivity index (χ1) is 21.1. The summed E-state index contributed by atoms with van der Waals surface area (Å²) in [6.07, 6.45) is 5.23. The van der Waals surface area contributed by atoms with Crippen molar-refractivity contribution < 1.29 is 13.9 Å². The SMILES string of the molecule is COc1ccc(CNc2ncc(CN3CCC(n4c(=O)[nH]c5ccccc54)CC3)c3nc(-c4ccco4)nn23)cc1OC. The zero-order chi connectivity index (χ0) is 29.3. The summed E-state index contributed by atoms with van der Waals surface area (Å²) in [4.78, 5) is 27.7. The number of likely N-dealkylation sites (tertiary alicyclic amines) is 1. The highest BCUT2D eigenvalue weighted by Crippen LogP contribution is 2.29. The molecule has 12 heteroatoms. The van der Waals surface area contributed by atoms with Crippen LogP contribution >= 0.6 is 0 Å². The van der Waals surface area contributed by atoms with Gasteiger partial charge in [0.15, 0.2) is 22.9 Å². The van der Waals surface area contributed by atoms with E-state index in [1.54, 1.807) is 25.0 Å². The maximum absolute atomic E-state index is 12.7. The number of nitrogens with one attached hydrogen (secondary N) is 2. The van der Waals surface area contributed by atoms with Crippen molar-refractivity contribution in [1.82, 2.24) is 34.0 Å². The van der Waals surface area contributed by atoms with Crippen molar-refractivity contribution in [2.45, 2.75) is 32.0 Å². The van der Waals surface area contributed by atoms with Gasteiger partial charge in [-0.15, -0.1) is 5.10 Å². The van der Waals surface area contributed by atoms with E-state index < -0.39 is 0 Å². The summed E-state index contributed by atoms with van der Waals surface area (Å²) in [5, 5.41) is 8.15. The van der Waals surface area contributed by atoms with Gasteiger partial charge in [-0.05, 0) is 54.8 Å². The number of rotatable bonds is 9. The summed E-state index contributed by atoms with van der Waals surface area (Å²) in [5.74, 6) is 2.98. The third-order valence-corrected chi connectivity index (χ3v) is 8.02. The molecule has 1 fully saturated rings. The van der Waals surface area contributed by atoms with Gasteiger partial charge in [0.1, 0.15) is 0 Å². The van der Waals surface area contributed by atoms with Crippen LogP contribution in [0.15, 0.2) is 76.3 Å². The van der Waals surface area contributed by atoms with E-state index in [0.717, 1.165) is 48.1 Å². The van der Waals surface area contributed by atoms with Crippen LogP contribution in [0.4, 0.5) is 5.95 Å². The normalized spacial score (nSPS) is 14.5. The number of aromatic nitrogens is 6. The first-order valence-electron chi connectivity index (χ1n) is 14.3. The second-order valence-corrected chi connectivity index (χ2v) is 10.6. The topological polar surface area (TPSA) is 128 Å². The number of anilines is 1. The Hall–Kier alpha value is -5.10. The summed E-state index contributed by atoms with van der Waals surface area (Å²) in [6.45, 7) is 2.86. The number of methoxy groups -OCH3 is 2. The predicted molar refractivity (Wildman–Crippen MR) is 161 cm³/mol. The van der Waals surface area contributed by atoms with Crippen molar-refractivity contribution in [1.29, 1.82) is 0 Å². The molecule has 2 N–H and O–H groups in total. The van der Waals surface area contributed by atoms with Crippen LogP contribution in [0.25, 0.3) is 28.3 Å². The van der Waals surface area contributed by atoms with E-state index in [1.165, 1.54) is 0 Å². The summed E-state index contributed by atoms with van der Waals surface area (Å²) in [5.41, 5.74) is 4.47. The van der Waals surface area contributed by atoms with Gasteiger partial charge < -0.3 is 24.2 Å². The van der Waals surface area contributed by atoms with Crippen LogP contribution in [0.3, 0.4) is 0 Å². The van der Waals surface area contributed by atoms with E-state index in [4.69, 9.17) is 29.0 Å². The number of fused-ring (bicyclic) bond motifs is 2. The molecule has 1 aliphatic heterocycles. The minimum absolute atomic E-state index is 0.0457. The van der Waals surface area contributed by atoms with E-state index in [2.05, 4.69) is 15.2 Å². The highest BCUT2D eigenvalue weighted by Gasteiger charge is 2.25. The Morgan fingerprint density at radius 3 is 2.67 bits per heavy atom. The van der Waals surface area contributed by atoms with Crippen molar-refractivity contribution in [3.05, 3.63) is 88.7 Å². The Kier molecular flexibility index (Phi) is 7.03. The zero-order valence-electron chi connectivity index (χ0n) is 24.0. The molecule has 0 unspecified atom stereocenters. The molecular weight excluding hydrogens is 548 g/mol. The van der Waals surface area contributed by atoms with E-state index in [9.17, 15) is 4.79 Å². The number of aromatic amines is 1. The van der Waals surface area contributed by atoms with Crippen LogP contribution in [0, 0.1) is 0 Å². The summed E-state index contributed by atoms with van der Waals surface area (Å²) in [6, 6.07) is 17.5. The lowest BCUT2D eigenvalue weighted by Gasteiger charge is -2.32. The Morgan fingerprint density at radius 2 is 1.88 bits per heavy atom. The van der Waals surface area contributed by atoms with E-state index >= 15 is 0 Å². The Labute approximate surface area is 246 Å². The number of ether oxygens (including phenoxy) is 2. The van der Waals surface area contributed by atoms with Gasteiger partial charge in [0, 0.05) is 44.0 Å². The van der Waals surface area contributed by atoms with Crippen LogP contribution in [-0.2, 0) is 13.1 Å². The molecule has 6 aromatic rings. The van der Waals surface area contributed by atoms with Crippen LogP contribution < -0.4 is 20.5 Å². The summed E-state index contributed by atoms with van der Waals surface area (Å²) < 4.78 is 20.1. The number of furan rings is 1. The molecule has 0 aliphatic carbocycles. The number of nitrogens with zero attached hydrogens (tertiary/aromatic N) is 6. The number of hydrogen-bond donors (Lipinski definition) is 2. The van der Waals surface area contributed by atoms with Crippen LogP contribution in [0.2, 0.25) is 0 Å². The fourth-order valence-electron chi connectivity index (χ4n) is 5.85. The molecule has 2 aromatic carbocycles. The van der Waals surface area contributed by atoms with Gasteiger partial charge in [-0.1, -0.05) is 18.2 Å². The second kappa shape index (κ2) is 11.3. The van der Waals surface area contributed by atoms with Crippen LogP contribution in [0.5, 0.6) is 11.5 Å². The van der Waals surface area contributed by atoms with Crippen molar-refractivity contribution in [2.75, 3.05) is 32.6 Å². The minimum Gasteiger partial charge on any atom is -0.493 e. The maximum atomic E-state index is 12.7. The van der Waals surface area contributed by atoms with Crippen LogP contribution in [0.1, 0.15) is 30.0 Å². The Bertz CT molecular complexity index is 1930. The van der Waals surface area contributed by atoms with Crippen molar-refractivity contribution >= 4 is 22.6 Å². The molecule has 7 rings (SSSR count). The Morgan fingerprint density at radius 1 is 1.05 bits per heavy atom. The minimum atomic E-state index is -0.0457. The zero-order valence-corrected chi connectivity index (χ0v) is 24.0. The lowest BCUT2D eigenvalue weighted by molar-refractivity contribution is 0.180. The number of imidazole rings is 1. The molecule has 0 atom stereocenters. The molecule has 0 saturated carbocycles. The molecule has 1 saturated heterocycles. The molecule has 220 valence electrons. The third kappa shape index (κ3) is 5.10. The number of hydrogen-bond acceptors (Lipinski definition) is 9. The van der Waals surface area contributed by atoms with Gasteiger partial charge >= 0.3 is 5.69 Å². The largest absolute Gasteiger partial charge is 0.493 e. The number of benzene rings is 2. The smallest absolute Gasteiger partial charge is 0.326 e. The first kappa shape index (κ1) is 26.8. The van der Waals surface area contributed by atoms with Gasteiger partial charge in [0.05, 0.1) is 31.5 Å². The predicted octanol–water partition coefficient (Wildman–Crippen LogP) is 4.49. The molecule has 12 nitrogen and oxygen atoms in total. The highest BCUT2D eigenvalue weighted by atomic mass is 16.5. The molecule has 1 aliphatic rings. The molecule has 0 amide bonds. The van der Waals surface area contributed by atoms with E-state index in [-0.39, 0.29) is 11.7 Å². The maximum Gasteiger partial charge on any atom is 0.326 e. The molecule has 0 spiro atoms. The van der Waals surface area contributed by atoms with Crippen molar-refractivity contribution in [2.24, 2.45) is 0 Å². The monoisotopic (exact) mass is 580 g/mol. The van der Waals surface area contributed by atoms with Gasteiger partial charge in [-0.25, -0.2) is 14.8 Å². The average Bonchev–Trinajstić information content (AvgIpc) is 3.80. The number of para-hydroxylation sites is 2. The van der Waals surface area contributed by atoms with Gasteiger partial charge in [0.25, 0.3) is 0 Å². The fraction of sp³-hybridized carbons (Fsp3) is 0.290. The Balaban J connectivity index is 1.12. The molecule has 5 heterocycles. The molecule has 4 aromatic heterocycles. The van der Waals surface area contributed by atoms with Crippen molar-refractivity contribution in [3.8, 4) is 23.1 Å². The number of piperidine rings is 1. The summed E-state index contributed by atoms with van der Waals surface area (Å²) >= 11 is 0. The lowest BCUT2D eigenvalue weighted by atomic mass is 10.0. The van der Waals surface area contributed by atoms with Crippen molar-refractivity contribution in [3.63, 3.8) is 0 Å². The van der Waals surface area contributed by atoms with E-state index in [0.29, 0.717) is 47.8 Å². The second-order valence-electron chi connectivity index (χ2n) is 10.6. The van der Waals surface area contributed by atoms with Crippen LogP contribution in [-0.4, -0.2) is 61.3 Å². The highest BCUT2D eigenvalue weighted by molar-refractivity contribution is 5.75. The fourth-order valence-corrected chi connectivity index (χ4v) is 5.85. The number of H-pyrrole nitrogens is 1. The third-order valence-electron chi connectivity index (χ3n) is 8.02. The van der Waals surface area contributed by atoms with E-state index in [1.807, 2.05) is 65.4 Å². The summed E-state index contributed by atoms with van der Waals surface area (Å²) in [7, 11) is 3.24. The lowest BCUT2D eigenvalue weighted by Crippen LogP contribution is -2.36. The van der Waals surface area contributed by atoms with Gasteiger partial charge in [0.2, 0.25) is 11.8 Å². The molecular formula is C31H32N8O4. The van der Waals surface area contributed by atoms with Gasteiger partial charge in [-0.3, -0.25) is 9.47 Å². The quantitative estimate of drug-likeness (QED) is 0.254. The average molecular weight is 581 g/mol. The van der Waals surface area contributed by atoms with Gasteiger partial charge in [-0.2, -0.15) is 4.52 Å². The molecule has 43 heavy (non-hydrogen) atoms. The first-order valence-corrected chi connectivity index (χ1v) is 14.3. The molecule has 0 bridgehead atoms. The molecule has 0 radical (unpaired) electrons. The standard InChI is InChI=1S/C31H32N8O4/c1-41-25-10-9-20(16-27(25)42-2)17-32-30-33-18-21(29-35-28(36-39(29)30)26-8-5-15-43-26)19-37-13-11-22(12-14-37)38-24-7-4-3-6-23(24)34-31(38)40/h3-10,15-16,18,22H,11-14,17,19H2,1-2H3,(H,32,33)(H,34,40).